The molecule has 2 rings (SSSR count). The van der Waals surface area contributed by atoms with Crippen LogP contribution in [0.4, 0.5) is 5.69 Å². The van der Waals surface area contributed by atoms with Crippen molar-refractivity contribution in [1.82, 2.24) is 0 Å². The number of hydrogen-bond acceptors (Lipinski definition) is 2. The average Bonchev–Trinajstić information content (AvgIpc) is 2.47. The van der Waals surface area contributed by atoms with Crippen molar-refractivity contribution in [2.24, 2.45) is 10.7 Å². The topological polar surface area (TPSA) is 59.6 Å². The quantitative estimate of drug-likeness (QED) is 0.471. The lowest BCUT2D eigenvalue weighted by molar-refractivity contribution is 0.415. The summed E-state index contributed by atoms with van der Waals surface area (Å²) in [6, 6.07) is 15.8. The molecule has 0 saturated heterocycles. The molecule has 0 atom stereocenters. The molecule has 0 saturated carbocycles. The van der Waals surface area contributed by atoms with Gasteiger partial charge in [0.2, 0.25) is 0 Å². The highest BCUT2D eigenvalue weighted by atomic mass is 127. The fourth-order valence-electron chi connectivity index (χ4n) is 1.76. The monoisotopic (exact) mass is 397 g/mol. The van der Waals surface area contributed by atoms with Gasteiger partial charge in [0.1, 0.15) is 5.75 Å². The first kappa shape index (κ1) is 17.3. The second-order valence-corrected chi connectivity index (χ2v) is 4.54. The van der Waals surface area contributed by atoms with Gasteiger partial charge in [0.15, 0.2) is 5.96 Å². The van der Waals surface area contributed by atoms with Crippen molar-refractivity contribution in [3.63, 3.8) is 0 Å². The van der Waals surface area contributed by atoms with E-state index in [1.807, 2.05) is 24.3 Å². The van der Waals surface area contributed by atoms with Gasteiger partial charge in [0.05, 0.1) is 13.7 Å². The van der Waals surface area contributed by atoms with E-state index in [9.17, 15) is 0 Å². The fraction of sp³-hybridized carbons (Fsp3) is 0.188. The summed E-state index contributed by atoms with van der Waals surface area (Å²) in [4.78, 5) is 4.32. The molecule has 4 nitrogen and oxygen atoms in total. The van der Waals surface area contributed by atoms with Gasteiger partial charge in [0, 0.05) is 11.8 Å². The number of guanidine groups is 1. The van der Waals surface area contributed by atoms with Crippen LogP contribution in [0.2, 0.25) is 0 Å². The van der Waals surface area contributed by atoms with E-state index in [0.29, 0.717) is 12.5 Å². The van der Waals surface area contributed by atoms with Crippen molar-refractivity contribution in [2.45, 2.75) is 13.5 Å². The van der Waals surface area contributed by atoms with Crippen LogP contribution in [-0.4, -0.2) is 13.1 Å². The van der Waals surface area contributed by atoms with E-state index in [-0.39, 0.29) is 24.0 Å². The number of aryl methyl sites for hydroxylation is 1. The number of benzene rings is 2. The summed E-state index contributed by atoms with van der Waals surface area (Å²) in [7, 11) is 1.63. The van der Waals surface area contributed by atoms with Gasteiger partial charge in [-0.3, -0.25) is 0 Å². The maximum atomic E-state index is 5.87. The minimum Gasteiger partial charge on any atom is -0.497 e. The number of halogens is 1. The predicted octanol–water partition coefficient (Wildman–Crippen LogP) is 3.55. The SMILES string of the molecule is COc1cccc(NC(N)=NCc2ccc(C)cc2)c1.I. The van der Waals surface area contributed by atoms with Crippen LogP contribution in [0.15, 0.2) is 53.5 Å². The number of hydrogen-bond donors (Lipinski definition) is 2. The Kier molecular flexibility index (Phi) is 7.01. The molecule has 3 N–H and O–H groups in total. The standard InChI is InChI=1S/C16H19N3O.HI/c1-12-6-8-13(9-7-12)11-18-16(17)19-14-4-3-5-15(10-14)20-2;/h3-10H,11H2,1-2H3,(H3,17,18,19);1H. The van der Waals surface area contributed by atoms with Crippen LogP contribution in [0.5, 0.6) is 5.75 Å². The summed E-state index contributed by atoms with van der Waals surface area (Å²) in [6.07, 6.45) is 0. The molecule has 112 valence electrons. The highest BCUT2D eigenvalue weighted by Gasteiger charge is 1.98. The maximum Gasteiger partial charge on any atom is 0.193 e. The summed E-state index contributed by atoms with van der Waals surface area (Å²) >= 11 is 0. The summed E-state index contributed by atoms with van der Waals surface area (Å²) < 4.78 is 5.16. The van der Waals surface area contributed by atoms with Crippen molar-refractivity contribution in [3.8, 4) is 5.75 Å². The molecule has 0 unspecified atom stereocenters. The molecule has 0 aliphatic rings. The Morgan fingerprint density at radius 3 is 2.57 bits per heavy atom. The molecule has 0 radical (unpaired) electrons. The highest BCUT2D eigenvalue weighted by molar-refractivity contribution is 14.0. The van der Waals surface area contributed by atoms with Crippen LogP contribution < -0.4 is 15.8 Å². The Morgan fingerprint density at radius 1 is 1.19 bits per heavy atom. The molecular formula is C16H20IN3O. The van der Waals surface area contributed by atoms with E-state index in [4.69, 9.17) is 10.5 Å². The van der Waals surface area contributed by atoms with Crippen molar-refractivity contribution >= 4 is 35.6 Å². The molecule has 0 aromatic heterocycles. The van der Waals surface area contributed by atoms with Gasteiger partial charge in [-0.1, -0.05) is 35.9 Å². The Hall–Kier alpha value is -1.76. The second kappa shape index (κ2) is 8.51. The van der Waals surface area contributed by atoms with Crippen LogP contribution in [-0.2, 0) is 6.54 Å². The van der Waals surface area contributed by atoms with Gasteiger partial charge >= 0.3 is 0 Å². The van der Waals surface area contributed by atoms with E-state index < -0.39 is 0 Å². The Bertz CT molecular complexity index is 597. The molecule has 0 aliphatic carbocycles. The number of nitrogens with zero attached hydrogens (tertiary/aromatic N) is 1. The van der Waals surface area contributed by atoms with Crippen molar-refractivity contribution in [3.05, 3.63) is 59.7 Å². The Morgan fingerprint density at radius 2 is 1.90 bits per heavy atom. The molecule has 5 heteroatoms. The van der Waals surface area contributed by atoms with Gasteiger partial charge in [-0.05, 0) is 24.6 Å². The lowest BCUT2D eigenvalue weighted by atomic mass is 10.1. The molecule has 21 heavy (non-hydrogen) atoms. The largest absolute Gasteiger partial charge is 0.497 e. The van der Waals surface area contributed by atoms with Gasteiger partial charge < -0.3 is 15.8 Å². The van der Waals surface area contributed by atoms with Crippen molar-refractivity contribution in [2.75, 3.05) is 12.4 Å². The van der Waals surface area contributed by atoms with Crippen LogP contribution in [0.25, 0.3) is 0 Å². The fourth-order valence-corrected chi connectivity index (χ4v) is 1.76. The smallest absolute Gasteiger partial charge is 0.193 e. The summed E-state index contributed by atoms with van der Waals surface area (Å²) in [5.74, 6) is 1.17. The number of methoxy groups -OCH3 is 1. The van der Waals surface area contributed by atoms with E-state index in [2.05, 4.69) is 41.5 Å². The number of anilines is 1. The zero-order valence-electron chi connectivity index (χ0n) is 12.2. The molecule has 0 aliphatic heterocycles. The molecular weight excluding hydrogens is 377 g/mol. The number of aliphatic imine (C=N–C) groups is 1. The Balaban J connectivity index is 0.00000220. The summed E-state index contributed by atoms with van der Waals surface area (Å²) in [5, 5.41) is 3.05. The molecule has 0 bridgehead atoms. The normalized spacial score (nSPS) is 10.7. The van der Waals surface area contributed by atoms with Crippen LogP contribution in [0.1, 0.15) is 11.1 Å². The molecule has 2 aromatic rings. The zero-order valence-corrected chi connectivity index (χ0v) is 14.5. The van der Waals surface area contributed by atoms with Gasteiger partial charge in [0.25, 0.3) is 0 Å². The third-order valence-electron chi connectivity index (χ3n) is 2.89. The van der Waals surface area contributed by atoms with E-state index in [0.717, 1.165) is 17.0 Å². The Labute approximate surface area is 142 Å². The third kappa shape index (κ3) is 5.63. The number of rotatable bonds is 4. The minimum atomic E-state index is 0. The first-order valence-corrected chi connectivity index (χ1v) is 6.44. The van der Waals surface area contributed by atoms with E-state index >= 15 is 0 Å². The predicted molar refractivity (Wildman–Crippen MR) is 98.5 cm³/mol. The van der Waals surface area contributed by atoms with E-state index in [1.54, 1.807) is 7.11 Å². The summed E-state index contributed by atoms with van der Waals surface area (Å²) in [5.41, 5.74) is 9.10. The number of nitrogens with two attached hydrogens (primary N) is 1. The zero-order chi connectivity index (χ0) is 14.4. The maximum absolute atomic E-state index is 5.87. The lowest BCUT2D eigenvalue weighted by Gasteiger charge is -2.07. The van der Waals surface area contributed by atoms with Crippen LogP contribution >= 0.6 is 24.0 Å². The minimum absolute atomic E-state index is 0. The third-order valence-corrected chi connectivity index (χ3v) is 2.89. The van der Waals surface area contributed by atoms with Gasteiger partial charge in [-0.2, -0.15) is 0 Å². The van der Waals surface area contributed by atoms with Gasteiger partial charge in [-0.25, -0.2) is 4.99 Å². The van der Waals surface area contributed by atoms with Crippen LogP contribution in [0.3, 0.4) is 0 Å². The molecule has 0 heterocycles. The van der Waals surface area contributed by atoms with Gasteiger partial charge in [-0.15, -0.1) is 24.0 Å². The highest BCUT2D eigenvalue weighted by Crippen LogP contribution is 2.16. The first-order chi connectivity index (χ1) is 9.67. The lowest BCUT2D eigenvalue weighted by Crippen LogP contribution is -2.22. The number of nitrogens with one attached hydrogen (secondary N) is 1. The number of ether oxygens (including phenoxy) is 1. The molecule has 0 fully saturated rings. The summed E-state index contributed by atoms with van der Waals surface area (Å²) in [6.45, 7) is 2.62. The van der Waals surface area contributed by atoms with Crippen molar-refractivity contribution < 1.29 is 4.74 Å². The average molecular weight is 397 g/mol. The van der Waals surface area contributed by atoms with Crippen LogP contribution in [0, 0.1) is 6.92 Å². The molecule has 2 aromatic carbocycles. The molecule has 0 amide bonds. The second-order valence-electron chi connectivity index (χ2n) is 4.54. The molecule has 0 spiro atoms. The van der Waals surface area contributed by atoms with E-state index in [1.165, 1.54) is 5.56 Å². The van der Waals surface area contributed by atoms with Crippen molar-refractivity contribution in [1.29, 1.82) is 0 Å². The first-order valence-electron chi connectivity index (χ1n) is 6.44.